The number of hydrogen-bond donors (Lipinski definition) is 0. The first kappa shape index (κ1) is 16.6. The van der Waals surface area contributed by atoms with Gasteiger partial charge >= 0.3 is 149 Å². The van der Waals surface area contributed by atoms with Gasteiger partial charge in [-0.05, 0) is 0 Å². The van der Waals surface area contributed by atoms with Crippen LogP contribution in [0, 0.1) is 13.4 Å². The molecule has 0 N–H and O–H groups in total. The van der Waals surface area contributed by atoms with Gasteiger partial charge in [-0.15, -0.1) is 0 Å². The van der Waals surface area contributed by atoms with Crippen molar-refractivity contribution >= 4 is 41.7 Å². The molecule has 0 aliphatic carbocycles. The zero-order chi connectivity index (χ0) is 16.3. The molecule has 0 saturated carbocycles. The molecule has 120 valence electrons. The van der Waals surface area contributed by atoms with Crippen LogP contribution in [0.5, 0.6) is 0 Å². The van der Waals surface area contributed by atoms with E-state index < -0.39 is 30.4 Å². The second-order valence-corrected chi connectivity index (χ2v) is 12.9. The van der Waals surface area contributed by atoms with Gasteiger partial charge in [0.15, 0.2) is 0 Å². The van der Waals surface area contributed by atoms with Crippen LogP contribution in [-0.2, 0) is 12.6 Å². The number of aryl methyl sites for hydroxylation is 1. The predicted octanol–water partition coefficient (Wildman–Crippen LogP) is 4.92. The molecule has 0 aliphatic heterocycles. The fraction of sp³-hybridized carbons (Fsp3) is 0.0588. The van der Waals surface area contributed by atoms with Crippen molar-refractivity contribution < 1.29 is 10.9 Å². The van der Waals surface area contributed by atoms with E-state index in [-0.39, 0.29) is 4.90 Å². The van der Waals surface area contributed by atoms with Gasteiger partial charge in [0.2, 0.25) is 0 Å². The maximum absolute atomic E-state index is 12.6. The van der Waals surface area contributed by atoms with Crippen molar-refractivity contribution in [2.75, 3.05) is 0 Å². The SMILES string of the molecule is Cc1ccc(S(=O)(=O)OI(c2ccccc2)c2cccs2)cc1. The molecule has 0 fully saturated rings. The molecule has 1 aromatic heterocycles. The number of hydrogen-bond acceptors (Lipinski definition) is 4. The summed E-state index contributed by atoms with van der Waals surface area (Å²) >= 11 is -0.944. The molecule has 0 saturated heterocycles. The predicted molar refractivity (Wildman–Crippen MR) is 102 cm³/mol. The summed E-state index contributed by atoms with van der Waals surface area (Å²) in [5.74, 6) is 0. The molecular formula is C17H15IO3S2. The normalized spacial score (nSPS) is 12.1. The van der Waals surface area contributed by atoms with Gasteiger partial charge in [-0.3, -0.25) is 0 Å². The van der Waals surface area contributed by atoms with Crippen LogP contribution in [0.2, 0.25) is 0 Å². The van der Waals surface area contributed by atoms with Gasteiger partial charge in [0, 0.05) is 0 Å². The van der Waals surface area contributed by atoms with E-state index in [1.54, 1.807) is 35.6 Å². The van der Waals surface area contributed by atoms with Crippen LogP contribution in [0.3, 0.4) is 0 Å². The van der Waals surface area contributed by atoms with Gasteiger partial charge in [0.05, 0.1) is 0 Å². The zero-order valence-corrected chi connectivity index (χ0v) is 16.1. The molecular weight excluding hydrogens is 443 g/mol. The Kier molecular flexibility index (Phi) is 5.15. The minimum absolute atomic E-state index is 0.206. The first-order chi connectivity index (χ1) is 11.1. The number of benzene rings is 2. The summed E-state index contributed by atoms with van der Waals surface area (Å²) in [5, 5.41) is 1.95. The van der Waals surface area contributed by atoms with Crippen molar-refractivity contribution in [3.05, 3.63) is 84.1 Å². The van der Waals surface area contributed by atoms with Crippen molar-refractivity contribution in [3.63, 3.8) is 0 Å². The quantitative estimate of drug-likeness (QED) is 0.510. The van der Waals surface area contributed by atoms with Crippen LogP contribution in [0.25, 0.3) is 0 Å². The van der Waals surface area contributed by atoms with Crippen LogP contribution in [0.1, 0.15) is 5.56 Å². The molecule has 0 bridgehead atoms. The van der Waals surface area contributed by atoms with Crippen LogP contribution >= 0.6 is 31.6 Å². The van der Waals surface area contributed by atoms with E-state index >= 15 is 0 Å². The second kappa shape index (κ2) is 7.12. The molecule has 23 heavy (non-hydrogen) atoms. The second-order valence-electron chi connectivity index (χ2n) is 4.79. The minimum atomic E-state index is -3.77. The molecule has 0 spiro atoms. The molecule has 2 aromatic carbocycles. The van der Waals surface area contributed by atoms with Gasteiger partial charge in [-0.2, -0.15) is 0 Å². The Morgan fingerprint density at radius 1 is 0.913 bits per heavy atom. The zero-order valence-electron chi connectivity index (χ0n) is 12.3. The molecule has 1 heterocycles. The van der Waals surface area contributed by atoms with Crippen molar-refractivity contribution in [1.82, 2.24) is 0 Å². The molecule has 3 nitrogen and oxygen atoms in total. The number of rotatable bonds is 5. The Hall–Kier alpha value is -1.22. The summed E-state index contributed by atoms with van der Waals surface area (Å²) < 4.78 is 33.0. The Balaban J connectivity index is 1.97. The van der Waals surface area contributed by atoms with E-state index in [1.165, 1.54) is 0 Å². The monoisotopic (exact) mass is 458 g/mol. The van der Waals surface area contributed by atoms with E-state index in [1.807, 2.05) is 54.8 Å². The number of thiophene rings is 1. The van der Waals surface area contributed by atoms with Crippen molar-refractivity contribution in [2.24, 2.45) is 0 Å². The van der Waals surface area contributed by atoms with E-state index in [2.05, 4.69) is 0 Å². The van der Waals surface area contributed by atoms with Crippen LogP contribution in [0.4, 0.5) is 0 Å². The summed E-state index contributed by atoms with van der Waals surface area (Å²) in [6.45, 7) is 1.92. The Labute approximate surface area is 148 Å². The third-order valence-electron chi connectivity index (χ3n) is 3.04. The molecule has 0 atom stereocenters. The summed E-state index contributed by atoms with van der Waals surface area (Å²) in [4.78, 5) is 0.206. The molecule has 3 aromatic rings. The Morgan fingerprint density at radius 3 is 2.22 bits per heavy atom. The van der Waals surface area contributed by atoms with Gasteiger partial charge in [-0.25, -0.2) is 0 Å². The first-order valence-electron chi connectivity index (χ1n) is 6.86. The number of halogens is 1. The van der Waals surface area contributed by atoms with Gasteiger partial charge in [0.1, 0.15) is 0 Å². The summed E-state index contributed by atoms with van der Waals surface area (Å²) in [6, 6.07) is 20.2. The fourth-order valence-electron chi connectivity index (χ4n) is 1.88. The van der Waals surface area contributed by atoms with Crippen LogP contribution in [0.15, 0.2) is 77.0 Å². The van der Waals surface area contributed by atoms with E-state index in [0.717, 1.165) is 12.0 Å². The molecule has 3 rings (SSSR count). The first-order valence-corrected chi connectivity index (χ1v) is 12.2. The molecule has 6 heteroatoms. The van der Waals surface area contributed by atoms with E-state index in [0.29, 0.717) is 0 Å². The van der Waals surface area contributed by atoms with Gasteiger partial charge in [-0.1, -0.05) is 0 Å². The summed E-state index contributed by atoms with van der Waals surface area (Å²) in [6.07, 6.45) is 0. The maximum atomic E-state index is 12.6. The third kappa shape index (κ3) is 4.00. The fourth-order valence-corrected chi connectivity index (χ4v) is 10.9. The van der Waals surface area contributed by atoms with Gasteiger partial charge in [0.25, 0.3) is 0 Å². The molecule has 0 radical (unpaired) electrons. The van der Waals surface area contributed by atoms with Crippen molar-refractivity contribution in [1.29, 1.82) is 0 Å². The topological polar surface area (TPSA) is 43.4 Å². The summed E-state index contributed by atoms with van der Waals surface area (Å²) in [5.41, 5.74) is 1.01. The van der Waals surface area contributed by atoms with Crippen molar-refractivity contribution in [2.45, 2.75) is 11.8 Å². The summed E-state index contributed by atoms with van der Waals surface area (Å²) in [7, 11) is -3.77. The average molecular weight is 458 g/mol. The van der Waals surface area contributed by atoms with Crippen LogP contribution < -0.4 is 0 Å². The van der Waals surface area contributed by atoms with Crippen LogP contribution in [-0.4, -0.2) is 8.42 Å². The third-order valence-corrected chi connectivity index (χ3v) is 12.2. The van der Waals surface area contributed by atoms with E-state index in [4.69, 9.17) is 2.51 Å². The molecule has 0 unspecified atom stereocenters. The Bertz CT molecular complexity index is 858. The Morgan fingerprint density at radius 2 is 1.61 bits per heavy atom. The average Bonchev–Trinajstić information content (AvgIpc) is 3.08. The van der Waals surface area contributed by atoms with Gasteiger partial charge < -0.3 is 0 Å². The molecule has 0 amide bonds. The van der Waals surface area contributed by atoms with E-state index in [9.17, 15) is 8.42 Å². The van der Waals surface area contributed by atoms with Crippen molar-refractivity contribution in [3.8, 4) is 0 Å². The molecule has 0 aliphatic rings. The standard InChI is InChI=1S/C17H15IO3S2/c1-14-9-11-16(12-10-14)23(19,20)21-18(17-8-5-13-22-17)15-6-3-2-4-7-15/h2-13H,1H3.